The molecule has 0 unspecified atom stereocenters. The molecule has 2 saturated heterocycles. The smallest absolute Gasteiger partial charge is 0.306 e. The zero-order chi connectivity index (χ0) is 12.6. The van der Waals surface area contributed by atoms with E-state index in [0.29, 0.717) is 12.8 Å². The predicted octanol–water partition coefficient (Wildman–Crippen LogP) is -1.30. The first kappa shape index (κ1) is 12.7. The minimum atomic E-state index is -3.49. The minimum Gasteiger partial charge on any atom is -0.481 e. The van der Waals surface area contributed by atoms with Crippen LogP contribution in [0, 0.1) is 5.92 Å². The number of aliphatic carboxylic acids is 1. The Morgan fingerprint density at radius 1 is 1.12 bits per heavy atom. The number of piperidine rings is 1. The van der Waals surface area contributed by atoms with Crippen LogP contribution in [-0.4, -0.2) is 65.5 Å². The molecule has 17 heavy (non-hydrogen) atoms. The third-order valence-corrected chi connectivity index (χ3v) is 5.25. The first-order valence-corrected chi connectivity index (χ1v) is 6.97. The monoisotopic (exact) mass is 264 g/mol. The summed E-state index contributed by atoms with van der Waals surface area (Å²) in [6, 6.07) is 0. The summed E-state index contributed by atoms with van der Waals surface area (Å²) >= 11 is 0. The van der Waals surface area contributed by atoms with Gasteiger partial charge in [0, 0.05) is 26.2 Å². The summed E-state index contributed by atoms with van der Waals surface area (Å²) in [7, 11) is -3.49. The van der Waals surface area contributed by atoms with Gasteiger partial charge in [0.25, 0.3) is 10.2 Å². The van der Waals surface area contributed by atoms with E-state index in [1.165, 1.54) is 8.61 Å². The summed E-state index contributed by atoms with van der Waals surface area (Å²) in [5, 5.41) is 17.9. The Balaban J connectivity index is 1.94. The van der Waals surface area contributed by atoms with E-state index in [9.17, 15) is 13.2 Å². The second-order valence-corrected chi connectivity index (χ2v) is 6.42. The van der Waals surface area contributed by atoms with Gasteiger partial charge >= 0.3 is 5.97 Å². The second kappa shape index (κ2) is 4.52. The molecule has 0 aromatic carbocycles. The number of nitrogens with zero attached hydrogens (tertiary/aromatic N) is 2. The van der Waals surface area contributed by atoms with E-state index in [-0.39, 0.29) is 26.2 Å². The average molecular weight is 264 g/mol. The Morgan fingerprint density at radius 2 is 1.65 bits per heavy atom. The molecule has 0 aromatic rings. The van der Waals surface area contributed by atoms with Gasteiger partial charge in [-0.1, -0.05) is 0 Å². The molecule has 0 atom stereocenters. The summed E-state index contributed by atoms with van der Waals surface area (Å²) in [6.45, 7) is 0.764. The molecule has 2 fully saturated rings. The molecule has 0 saturated carbocycles. The zero-order valence-corrected chi connectivity index (χ0v) is 10.1. The molecular weight excluding hydrogens is 248 g/mol. The van der Waals surface area contributed by atoms with Crippen LogP contribution < -0.4 is 0 Å². The van der Waals surface area contributed by atoms with Crippen molar-refractivity contribution in [3.05, 3.63) is 0 Å². The number of hydrogen-bond donors (Lipinski definition) is 2. The van der Waals surface area contributed by atoms with Crippen LogP contribution in [0.3, 0.4) is 0 Å². The largest absolute Gasteiger partial charge is 0.481 e. The van der Waals surface area contributed by atoms with Gasteiger partial charge in [0.1, 0.15) is 0 Å². The summed E-state index contributed by atoms with van der Waals surface area (Å²) < 4.78 is 26.5. The molecule has 0 amide bonds. The highest BCUT2D eigenvalue weighted by Gasteiger charge is 2.40. The highest BCUT2D eigenvalue weighted by atomic mass is 32.2. The molecular formula is C9H16N2O5S. The van der Waals surface area contributed by atoms with Crippen molar-refractivity contribution in [1.82, 2.24) is 8.61 Å². The van der Waals surface area contributed by atoms with Crippen molar-refractivity contribution in [2.75, 3.05) is 26.2 Å². The first-order chi connectivity index (χ1) is 7.91. The second-order valence-electron chi connectivity index (χ2n) is 4.49. The zero-order valence-electron chi connectivity index (χ0n) is 9.32. The van der Waals surface area contributed by atoms with Crippen molar-refractivity contribution in [3.63, 3.8) is 0 Å². The number of rotatable bonds is 3. The fourth-order valence-electron chi connectivity index (χ4n) is 2.10. The molecule has 98 valence electrons. The maximum atomic E-state index is 12.0. The van der Waals surface area contributed by atoms with Gasteiger partial charge in [-0.2, -0.15) is 17.0 Å². The first-order valence-electron chi connectivity index (χ1n) is 5.57. The molecule has 2 rings (SSSR count). The molecule has 7 nitrogen and oxygen atoms in total. The third-order valence-electron chi connectivity index (χ3n) is 3.28. The van der Waals surface area contributed by atoms with Gasteiger partial charge in [-0.15, -0.1) is 0 Å². The normalized spacial score (nSPS) is 25.7. The number of carboxylic acids is 1. The van der Waals surface area contributed by atoms with Crippen LogP contribution in [0.5, 0.6) is 0 Å². The molecule has 0 aliphatic carbocycles. The average Bonchev–Trinajstić information content (AvgIpc) is 2.25. The van der Waals surface area contributed by atoms with Crippen molar-refractivity contribution in [2.45, 2.75) is 18.9 Å². The van der Waals surface area contributed by atoms with E-state index in [1.807, 2.05) is 0 Å². The summed E-state index contributed by atoms with van der Waals surface area (Å²) in [4.78, 5) is 10.7. The summed E-state index contributed by atoms with van der Waals surface area (Å²) in [6.07, 6.45) is 0.136. The lowest BCUT2D eigenvalue weighted by Gasteiger charge is -2.39. The highest BCUT2D eigenvalue weighted by molar-refractivity contribution is 7.86. The molecule has 0 aromatic heterocycles. The fourth-order valence-corrected chi connectivity index (χ4v) is 3.82. The lowest BCUT2D eigenvalue weighted by atomic mass is 9.99. The van der Waals surface area contributed by atoms with Gasteiger partial charge < -0.3 is 10.2 Å². The van der Waals surface area contributed by atoms with E-state index in [2.05, 4.69) is 0 Å². The predicted molar refractivity (Wildman–Crippen MR) is 58.4 cm³/mol. The summed E-state index contributed by atoms with van der Waals surface area (Å²) in [5.41, 5.74) is 0. The maximum absolute atomic E-state index is 12.0. The van der Waals surface area contributed by atoms with Gasteiger partial charge in [-0.25, -0.2) is 0 Å². The molecule has 2 heterocycles. The van der Waals surface area contributed by atoms with Crippen LogP contribution in [0.4, 0.5) is 0 Å². The van der Waals surface area contributed by atoms with E-state index < -0.39 is 28.2 Å². The quantitative estimate of drug-likeness (QED) is 0.660. The van der Waals surface area contributed by atoms with Crippen molar-refractivity contribution < 1.29 is 23.4 Å². The van der Waals surface area contributed by atoms with Gasteiger partial charge in [-0.3, -0.25) is 4.79 Å². The number of aliphatic hydroxyl groups is 1. The Bertz CT molecular complexity index is 396. The Hall–Kier alpha value is -0.700. The van der Waals surface area contributed by atoms with E-state index in [4.69, 9.17) is 10.2 Å². The van der Waals surface area contributed by atoms with E-state index in [1.54, 1.807) is 0 Å². The van der Waals surface area contributed by atoms with Crippen molar-refractivity contribution >= 4 is 16.2 Å². The van der Waals surface area contributed by atoms with Crippen LogP contribution in [0.25, 0.3) is 0 Å². The molecule has 2 N–H and O–H groups in total. The Labute approximate surface area is 99.8 Å². The van der Waals surface area contributed by atoms with Crippen LogP contribution in [0.1, 0.15) is 12.8 Å². The topological polar surface area (TPSA) is 98.2 Å². The standard InChI is InChI=1S/C9H16N2O5S/c12-8-5-11(6-8)17(15,16)10-3-1-7(2-4-10)9(13)14/h7-8,12H,1-6H2,(H,13,14). The molecule has 2 aliphatic rings. The van der Waals surface area contributed by atoms with Gasteiger partial charge in [0.2, 0.25) is 0 Å². The van der Waals surface area contributed by atoms with Crippen LogP contribution >= 0.6 is 0 Å². The minimum absolute atomic E-state index is 0.140. The number of aliphatic hydroxyl groups excluding tert-OH is 1. The molecule has 2 aliphatic heterocycles. The Kier molecular flexibility index (Phi) is 3.39. The van der Waals surface area contributed by atoms with Crippen molar-refractivity contribution in [2.24, 2.45) is 5.92 Å². The summed E-state index contributed by atoms with van der Waals surface area (Å²) in [5.74, 6) is -1.30. The number of carbonyl (C=O) groups is 1. The van der Waals surface area contributed by atoms with E-state index in [0.717, 1.165) is 0 Å². The SMILES string of the molecule is O=C(O)C1CCN(S(=O)(=O)N2CC(O)C2)CC1. The van der Waals surface area contributed by atoms with Gasteiger partial charge in [-0.05, 0) is 12.8 Å². The Morgan fingerprint density at radius 3 is 2.06 bits per heavy atom. The highest BCUT2D eigenvalue weighted by Crippen LogP contribution is 2.24. The van der Waals surface area contributed by atoms with Crippen molar-refractivity contribution in [1.29, 1.82) is 0 Å². The molecule has 0 bridgehead atoms. The molecule has 8 heteroatoms. The lowest BCUT2D eigenvalue weighted by molar-refractivity contribution is -0.142. The van der Waals surface area contributed by atoms with Crippen LogP contribution in [0.2, 0.25) is 0 Å². The van der Waals surface area contributed by atoms with Gasteiger partial charge in [0.15, 0.2) is 0 Å². The number of carboxylic acid groups (broad SMARTS) is 1. The van der Waals surface area contributed by atoms with E-state index >= 15 is 0 Å². The number of β-amino-alcohol motifs (C(OH)–C–C–N with tert-alkyl or cyclic N) is 1. The lowest BCUT2D eigenvalue weighted by Crippen LogP contribution is -2.58. The van der Waals surface area contributed by atoms with Crippen LogP contribution in [0.15, 0.2) is 0 Å². The third kappa shape index (κ3) is 2.44. The number of hydrogen-bond acceptors (Lipinski definition) is 4. The molecule has 0 radical (unpaired) electrons. The fraction of sp³-hybridized carbons (Fsp3) is 0.889. The maximum Gasteiger partial charge on any atom is 0.306 e. The van der Waals surface area contributed by atoms with Crippen molar-refractivity contribution in [3.8, 4) is 0 Å². The van der Waals surface area contributed by atoms with Gasteiger partial charge in [0.05, 0.1) is 12.0 Å². The van der Waals surface area contributed by atoms with Crippen LogP contribution in [-0.2, 0) is 15.0 Å². The molecule has 0 spiro atoms.